The molecule has 220 valence electrons. The quantitative estimate of drug-likeness (QED) is 0.489. The van der Waals surface area contributed by atoms with Gasteiger partial charge in [-0.05, 0) is 57.0 Å². The Morgan fingerprint density at radius 1 is 1.05 bits per heavy atom. The minimum Gasteiger partial charge on any atom is -0.379 e. The molecule has 1 aromatic carbocycles. The highest BCUT2D eigenvalue weighted by Gasteiger charge is 2.42. The summed E-state index contributed by atoms with van der Waals surface area (Å²) in [6.45, 7) is 7.98. The molecule has 0 saturated carbocycles. The number of carbonyl (C=O) groups is 1. The summed E-state index contributed by atoms with van der Waals surface area (Å²) in [6, 6.07) is 10.2. The van der Waals surface area contributed by atoms with Crippen LogP contribution in [0.4, 0.5) is 0 Å². The van der Waals surface area contributed by atoms with Crippen molar-refractivity contribution in [3.63, 3.8) is 0 Å². The van der Waals surface area contributed by atoms with Crippen molar-refractivity contribution in [3.05, 3.63) is 46.2 Å². The van der Waals surface area contributed by atoms with E-state index in [0.29, 0.717) is 38.3 Å². The van der Waals surface area contributed by atoms with Crippen LogP contribution in [0.25, 0.3) is 10.9 Å². The van der Waals surface area contributed by atoms with Crippen molar-refractivity contribution in [2.75, 3.05) is 52.6 Å². The molecular weight excluding hydrogens is 530 g/mol. The van der Waals surface area contributed by atoms with Crippen LogP contribution < -0.4 is 10.9 Å². The molecule has 2 bridgehead atoms. The molecule has 40 heavy (non-hydrogen) atoms. The predicted molar refractivity (Wildman–Crippen MR) is 156 cm³/mol. The first-order valence-corrected chi connectivity index (χ1v) is 16.3. The van der Waals surface area contributed by atoms with E-state index in [1.54, 1.807) is 22.0 Å². The summed E-state index contributed by atoms with van der Waals surface area (Å²) in [7, 11) is -1.39. The largest absolute Gasteiger partial charge is 0.379 e. The first kappa shape index (κ1) is 29.2. The molecular formula is C29H43N5O5S. The molecule has 3 unspecified atom stereocenters. The second kappa shape index (κ2) is 11.9. The number of methoxy groups -OCH3 is 1. The zero-order valence-corrected chi connectivity index (χ0v) is 24.9. The fraction of sp³-hybridized carbons (Fsp3) is 0.655. The van der Waals surface area contributed by atoms with E-state index in [9.17, 15) is 18.0 Å². The van der Waals surface area contributed by atoms with E-state index in [2.05, 4.69) is 15.1 Å². The molecule has 3 aliphatic heterocycles. The summed E-state index contributed by atoms with van der Waals surface area (Å²) in [6.07, 6.45) is 5.21. The number of amides is 1. The van der Waals surface area contributed by atoms with E-state index in [4.69, 9.17) is 4.74 Å². The van der Waals surface area contributed by atoms with Gasteiger partial charge in [0.1, 0.15) is 5.56 Å². The van der Waals surface area contributed by atoms with Crippen LogP contribution in [-0.2, 0) is 14.8 Å². The fourth-order valence-corrected chi connectivity index (χ4v) is 7.71. The second-order valence-corrected chi connectivity index (χ2v) is 13.9. The van der Waals surface area contributed by atoms with Crippen molar-refractivity contribution >= 4 is 26.8 Å². The average molecular weight is 574 g/mol. The maximum absolute atomic E-state index is 13.4. The zero-order chi connectivity index (χ0) is 28.6. The maximum atomic E-state index is 13.4. The third kappa shape index (κ3) is 6.13. The van der Waals surface area contributed by atoms with Crippen molar-refractivity contribution < 1.29 is 17.9 Å². The molecule has 0 spiro atoms. The van der Waals surface area contributed by atoms with E-state index < -0.39 is 10.0 Å². The van der Waals surface area contributed by atoms with Gasteiger partial charge in [0.15, 0.2) is 0 Å². The van der Waals surface area contributed by atoms with Crippen molar-refractivity contribution in [1.29, 1.82) is 0 Å². The topological polar surface area (TPSA) is 104 Å². The summed E-state index contributed by atoms with van der Waals surface area (Å²) in [4.78, 5) is 31.6. The Kier molecular flexibility index (Phi) is 8.68. The molecule has 2 aromatic rings. The molecule has 1 N–H and O–H groups in total. The van der Waals surface area contributed by atoms with E-state index in [0.717, 1.165) is 49.7 Å². The maximum Gasteiger partial charge on any atom is 0.264 e. The summed E-state index contributed by atoms with van der Waals surface area (Å²) in [5.41, 5.74) is 0.805. The fourth-order valence-electron chi connectivity index (χ4n) is 6.89. The van der Waals surface area contributed by atoms with Gasteiger partial charge >= 0.3 is 0 Å². The number of piperazine rings is 1. The lowest BCUT2D eigenvalue weighted by Gasteiger charge is -2.41. The lowest BCUT2D eigenvalue weighted by Crippen LogP contribution is -2.55. The number of pyridine rings is 1. The number of aromatic nitrogens is 1. The highest BCUT2D eigenvalue weighted by atomic mass is 32.2. The molecule has 5 rings (SSSR count). The van der Waals surface area contributed by atoms with E-state index in [1.807, 2.05) is 38.1 Å². The van der Waals surface area contributed by atoms with Gasteiger partial charge in [-0.1, -0.05) is 18.2 Å². The van der Waals surface area contributed by atoms with Gasteiger partial charge in [-0.15, -0.1) is 0 Å². The van der Waals surface area contributed by atoms with Gasteiger partial charge in [0.2, 0.25) is 10.0 Å². The first-order chi connectivity index (χ1) is 19.0. The van der Waals surface area contributed by atoms with Crippen LogP contribution in [0, 0.1) is 0 Å². The molecule has 1 amide bonds. The number of carbonyl (C=O) groups excluding carboxylic acids is 1. The Hall–Kier alpha value is -2.31. The summed E-state index contributed by atoms with van der Waals surface area (Å²) >= 11 is 0. The molecule has 3 aliphatic rings. The molecule has 4 heterocycles. The average Bonchev–Trinajstić information content (AvgIpc) is 3.14. The summed E-state index contributed by atoms with van der Waals surface area (Å²) in [5.74, 6) is -0.286. The Balaban J connectivity index is 1.20. The Morgan fingerprint density at radius 2 is 1.70 bits per heavy atom. The number of ether oxygens (including phenoxy) is 1. The minimum absolute atomic E-state index is 0.0321. The molecule has 3 fully saturated rings. The summed E-state index contributed by atoms with van der Waals surface area (Å²) < 4.78 is 32.8. The van der Waals surface area contributed by atoms with Gasteiger partial charge < -0.3 is 14.6 Å². The normalized spacial score (nSPS) is 25.5. The Morgan fingerprint density at radius 3 is 2.30 bits per heavy atom. The molecule has 3 atom stereocenters. The SMILES string of the molecule is COC(CN1CCN(S(C)(=O)=O)CC1)CN1C2CCC1CC(NC(=O)c1cc3ccccc3n(C(C)C)c1=O)C2. The van der Waals surface area contributed by atoms with Gasteiger partial charge in [-0.2, -0.15) is 4.31 Å². The standard InChI is InChI=1S/C29H43N5O5S/c1-20(2)34-27-8-6-5-7-21(27)15-26(29(34)36)28(35)30-22-16-23-9-10-24(17-22)33(23)19-25(39-3)18-31-11-13-32(14-12-31)40(4,37)38/h5-8,15,20,22-25H,9-14,16-19H2,1-4H3,(H,30,35). The van der Waals surface area contributed by atoms with Crippen LogP contribution in [0.1, 0.15) is 55.9 Å². The number of para-hydroxylation sites is 1. The minimum atomic E-state index is -3.14. The van der Waals surface area contributed by atoms with Crippen LogP contribution in [-0.4, -0.2) is 110 Å². The van der Waals surface area contributed by atoms with Crippen molar-refractivity contribution in [3.8, 4) is 0 Å². The highest BCUT2D eigenvalue weighted by Crippen LogP contribution is 2.36. The van der Waals surface area contributed by atoms with Crippen molar-refractivity contribution in [2.45, 2.75) is 69.8 Å². The molecule has 3 saturated heterocycles. The number of sulfonamides is 1. The van der Waals surface area contributed by atoms with Crippen LogP contribution >= 0.6 is 0 Å². The number of benzene rings is 1. The van der Waals surface area contributed by atoms with Gasteiger partial charge in [0.05, 0.1) is 17.9 Å². The predicted octanol–water partition coefficient (Wildman–Crippen LogP) is 1.90. The van der Waals surface area contributed by atoms with Crippen LogP contribution in [0.15, 0.2) is 35.1 Å². The van der Waals surface area contributed by atoms with Gasteiger partial charge in [-0.3, -0.25) is 19.4 Å². The lowest BCUT2D eigenvalue weighted by molar-refractivity contribution is 0.00306. The summed E-state index contributed by atoms with van der Waals surface area (Å²) in [5, 5.41) is 4.09. The molecule has 10 nitrogen and oxygen atoms in total. The monoisotopic (exact) mass is 573 g/mol. The Labute approximate surface area is 237 Å². The highest BCUT2D eigenvalue weighted by molar-refractivity contribution is 7.88. The van der Waals surface area contributed by atoms with E-state index >= 15 is 0 Å². The van der Waals surface area contributed by atoms with Crippen LogP contribution in [0.3, 0.4) is 0 Å². The number of nitrogens with one attached hydrogen (secondary N) is 1. The number of hydrogen-bond donors (Lipinski definition) is 1. The van der Waals surface area contributed by atoms with E-state index in [1.165, 1.54) is 6.26 Å². The molecule has 0 aliphatic carbocycles. The molecule has 0 radical (unpaired) electrons. The zero-order valence-electron chi connectivity index (χ0n) is 24.1. The van der Waals surface area contributed by atoms with Gasteiger partial charge in [0.25, 0.3) is 11.5 Å². The van der Waals surface area contributed by atoms with E-state index in [-0.39, 0.29) is 35.2 Å². The third-order valence-electron chi connectivity index (χ3n) is 8.94. The molecule has 11 heteroatoms. The first-order valence-electron chi connectivity index (χ1n) is 14.5. The lowest BCUT2D eigenvalue weighted by atomic mass is 9.96. The van der Waals surface area contributed by atoms with Crippen molar-refractivity contribution in [1.82, 2.24) is 24.0 Å². The number of fused-ring (bicyclic) bond motifs is 3. The number of rotatable bonds is 9. The van der Waals surface area contributed by atoms with Crippen LogP contribution in [0.5, 0.6) is 0 Å². The number of hydrogen-bond acceptors (Lipinski definition) is 7. The third-order valence-corrected chi connectivity index (χ3v) is 10.2. The molecule has 1 aromatic heterocycles. The van der Waals surface area contributed by atoms with Crippen molar-refractivity contribution in [2.24, 2.45) is 0 Å². The number of nitrogens with zero attached hydrogens (tertiary/aromatic N) is 4. The van der Waals surface area contributed by atoms with Crippen LogP contribution in [0.2, 0.25) is 0 Å². The smallest absolute Gasteiger partial charge is 0.264 e. The van der Waals surface area contributed by atoms with Gasteiger partial charge in [0, 0.05) is 70.5 Å². The van der Waals surface area contributed by atoms with Gasteiger partial charge in [-0.25, -0.2) is 8.42 Å². The second-order valence-electron chi connectivity index (χ2n) is 11.9. The Bertz CT molecular complexity index is 1370. The number of piperidine rings is 1.